The van der Waals surface area contributed by atoms with Crippen LogP contribution in [0.5, 0.6) is 0 Å². The number of nitrogens with one attached hydrogen (secondary N) is 1. The summed E-state index contributed by atoms with van der Waals surface area (Å²) < 4.78 is 9.77. The van der Waals surface area contributed by atoms with E-state index in [0.717, 1.165) is 0 Å². The normalized spacial score (nSPS) is 11.7. The number of urea groups is 1. The molecular formula is C12H22N2O7. The predicted molar refractivity (Wildman–Crippen MR) is 72.2 cm³/mol. The number of methoxy groups -OCH3 is 2. The Labute approximate surface area is 122 Å². The zero-order valence-corrected chi connectivity index (χ0v) is 12.2. The van der Waals surface area contributed by atoms with Crippen LogP contribution in [-0.2, 0) is 19.1 Å². The van der Waals surface area contributed by atoms with Gasteiger partial charge in [-0.3, -0.25) is 4.79 Å². The van der Waals surface area contributed by atoms with Gasteiger partial charge in [0.25, 0.3) is 0 Å². The zero-order valence-electron chi connectivity index (χ0n) is 12.2. The molecule has 0 bridgehead atoms. The van der Waals surface area contributed by atoms with Crippen molar-refractivity contribution in [2.45, 2.75) is 18.9 Å². The van der Waals surface area contributed by atoms with Crippen LogP contribution < -0.4 is 5.32 Å². The van der Waals surface area contributed by atoms with E-state index in [0.29, 0.717) is 19.6 Å². The van der Waals surface area contributed by atoms with E-state index in [1.165, 1.54) is 19.1 Å². The summed E-state index contributed by atoms with van der Waals surface area (Å²) in [4.78, 5) is 34.9. The minimum absolute atomic E-state index is 0.269. The van der Waals surface area contributed by atoms with Gasteiger partial charge in [-0.2, -0.15) is 0 Å². The number of hydrogen-bond donors (Lipinski definition) is 3. The number of hydrogen-bond acceptors (Lipinski definition) is 5. The van der Waals surface area contributed by atoms with E-state index < -0.39 is 30.4 Å². The van der Waals surface area contributed by atoms with Crippen LogP contribution in [0, 0.1) is 0 Å². The molecule has 9 nitrogen and oxygen atoms in total. The number of nitrogens with zero attached hydrogens (tertiary/aromatic N) is 1. The molecule has 0 aromatic carbocycles. The van der Waals surface area contributed by atoms with Gasteiger partial charge >= 0.3 is 18.0 Å². The number of aliphatic carboxylic acids is 2. The maximum absolute atomic E-state index is 12.0. The molecule has 0 aliphatic rings. The van der Waals surface area contributed by atoms with Gasteiger partial charge in [0.2, 0.25) is 0 Å². The molecule has 0 aromatic rings. The van der Waals surface area contributed by atoms with Crippen molar-refractivity contribution in [2.24, 2.45) is 0 Å². The lowest BCUT2D eigenvalue weighted by atomic mass is 10.2. The van der Waals surface area contributed by atoms with E-state index in [1.807, 2.05) is 0 Å². The molecule has 0 heterocycles. The standard InChI is InChI=1S/C12H22N2O7/c1-20-6-3-4-14(5-7-21-2)12(19)13-9(11(17)18)8-10(15)16/h9H,3-8H2,1-2H3,(H,13,19)(H,15,16)(H,17,18)/t9-/m1/s1. The smallest absolute Gasteiger partial charge is 0.326 e. The van der Waals surface area contributed by atoms with E-state index in [9.17, 15) is 14.4 Å². The molecular weight excluding hydrogens is 284 g/mol. The molecule has 0 aromatic heterocycles. The van der Waals surface area contributed by atoms with Crippen LogP contribution in [0.25, 0.3) is 0 Å². The second-order valence-electron chi connectivity index (χ2n) is 4.26. The van der Waals surface area contributed by atoms with Gasteiger partial charge in [-0.15, -0.1) is 0 Å². The first-order valence-corrected chi connectivity index (χ1v) is 6.40. The molecule has 2 amide bonds. The maximum atomic E-state index is 12.0. The fourth-order valence-corrected chi connectivity index (χ4v) is 1.53. The Morgan fingerprint density at radius 1 is 1.10 bits per heavy atom. The monoisotopic (exact) mass is 306 g/mol. The van der Waals surface area contributed by atoms with E-state index in [2.05, 4.69) is 5.32 Å². The number of carboxylic acids is 2. The maximum Gasteiger partial charge on any atom is 0.326 e. The number of carbonyl (C=O) groups excluding carboxylic acids is 1. The van der Waals surface area contributed by atoms with Crippen LogP contribution in [0.2, 0.25) is 0 Å². The van der Waals surface area contributed by atoms with Gasteiger partial charge in [-0.05, 0) is 6.42 Å². The lowest BCUT2D eigenvalue weighted by molar-refractivity contribution is -0.145. The van der Waals surface area contributed by atoms with Gasteiger partial charge in [-0.1, -0.05) is 0 Å². The van der Waals surface area contributed by atoms with Crippen LogP contribution in [0.1, 0.15) is 12.8 Å². The van der Waals surface area contributed by atoms with Gasteiger partial charge in [0.15, 0.2) is 0 Å². The Morgan fingerprint density at radius 3 is 2.19 bits per heavy atom. The Balaban J connectivity index is 4.59. The fraction of sp³-hybridized carbons (Fsp3) is 0.750. The number of ether oxygens (including phenoxy) is 2. The van der Waals surface area contributed by atoms with Gasteiger partial charge < -0.3 is 29.9 Å². The molecule has 0 saturated carbocycles. The molecule has 0 saturated heterocycles. The Morgan fingerprint density at radius 2 is 1.71 bits per heavy atom. The second kappa shape index (κ2) is 10.9. The molecule has 0 radical (unpaired) electrons. The second-order valence-corrected chi connectivity index (χ2v) is 4.26. The molecule has 0 fully saturated rings. The van der Waals surface area contributed by atoms with Crippen LogP contribution in [-0.4, -0.2) is 79.6 Å². The largest absolute Gasteiger partial charge is 0.481 e. The fourth-order valence-electron chi connectivity index (χ4n) is 1.53. The third-order valence-electron chi connectivity index (χ3n) is 2.60. The first-order chi connectivity index (χ1) is 9.92. The molecule has 9 heteroatoms. The first-order valence-electron chi connectivity index (χ1n) is 6.40. The highest BCUT2D eigenvalue weighted by Crippen LogP contribution is 1.99. The predicted octanol–water partition coefficient (Wildman–Crippen LogP) is -0.391. The SMILES string of the molecule is COCCCN(CCOC)C(=O)N[C@H](CC(=O)O)C(=O)O. The molecule has 0 aliphatic carbocycles. The molecule has 0 unspecified atom stereocenters. The van der Waals surface area contributed by atoms with E-state index in [1.54, 1.807) is 0 Å². The first kappa shape index (κ1) is 19.1. The minimum Gasteiger partial charge on any atom is -0.481 e. The summed E-state index contributed by atoms with van der Waals surface area (Å²) in [6.07, 6.45) is -0.110. The van der Waals surface area contributed by atoms with Crippen LogP contribution in [0.3, 0.4) is 0 Å². The van der Waals surface area contributed by atoms with Crippen molar-refractivity contribution in [3.05, 3.63) is 0 Å². The van der Waals surface area contributed by atoms with E-state index in [-0.39, 0.29) is 13.2 Å². The molecule has 3 N–H and O–H groups in total. The summed E-state index contributed by atoms with van der Waals surface area (Å²) in [5, 5.41) is 19.7. The van der Waals surface area contributed by atoms with Crippen LogP contribution in [0.4, 0.5) is 4.79 Å². The molecule has 0 aliphatic heterocycles. The number of amides is 2. The average molecular weight is 306 g/mol. The summed E-state index contributed by atoms with van der Waals surface area (Å²) in [6, 6.07) is -2.11. The quantitative estimate of drug-likeness (QED) is 0.444. The number of carbonyl (C=O) groups is 3. The summed E-state index contributed by atoms with van der Waals surface area (Å²) in [5.41, 5.74) is 0. The average Bonchev–Trinajstić information content (AvgIpc) is 2.41. The third-order valence-corrected chi connectivity index (χ3v) is 2.60. The van der Waals surface area contributed by atoms with Crippen molar-refractivity contribution < 1.29 is 34.1 Å². The molecule has 21 heavy (non-hydrogen) atoms. The molecule has 1 atom stereocenters. The summed E-state index contributed by atoms with van der Waals surface area (Å²) in [6.45, 7) is 1.36. The van der Waals surface area contributed by atoms with Crippen LogP contribution >= 0.6 is 0 Å². The van der Waals surface area contributed by atoms with Crippen molar-refractivity contribution in [1.29, 1.82) is 0 Å². The van der Waals surface area contributed by atoms with Crippen molar-refractivity contribution >= 4 is 18.0 Å². The Kier molecular flexibility index (Phi) is 9.90. The highest BCUT2D eigenvalue weighted by molar-refractivity contribution is 5.86. The summed E-state index contributed by atoms with van der Waals surface area (Å²) in [7, 11) is 3.02. The van der Waals surface area contributed by atoms with Crippen LogP contribution in [0.15, 0.2) is 0 Å². The van der Waals surface area contributed by atoms with Gasteiger partial charge in [0.1, 0.15) is 6.04 Å². The minimum atomic E-state index is -1.47. The molecule has 122 valence electrons. The topological polar surface area (TPSA) is 125 Å². The third kappa shape index (κ3) is 8.82. The summed E-state index contributed by atoms with van der Waals surface area (Å²) in [5.74, 6) is -2.69. The van der Waals surface area contributed by atoms with Crippen molar-refractivity contribution in [3.63, 3.8) is 0 Å². The number of rotatable bonds is 11. The van der Waals surface area contributed by atoms with E-state index >= 15 is 0 Å². The summed E-state index contributed by atoms with van der Waals surface area (Å²) >= 11 is 0. The highest BCUT2D eigenvalue weighted by Gasteiger charge is 2.25. The Bertz CT molecular complexity index is 348. The van der Waals surface area contributed by atoms with E-state index in [4.69, 9.17) is 19.7 Å². The van der Waals surface area contributed by atoms with Gasteiger partial charge in [0, 0.05) is 33.9 Å². The van der Waals surface area contributed by atoms with Crippen molar-refractivity contribution in [2.75, 3.05) is 40.5 Å². The van der Waals surface area contributed by atoms with Crippen molar-refractivity contribution in [1.82, 2.24) is 10.2 Å². The zero-order chi connectivity index (χ0) is 16.3. The number of carboxylic acid groups (broad SMARTS) is 2. The van der Waals surface area contributed by atoms with Gasteiger partial charge in [-0.25, -0.2) is 9.59 Å². The van der Waals surface area contributed by atoms with Crippen molar-refractivity contribution in [3.8, 4) is 0 Å². The van der Waals surface area contributed by atoms with Gasteiger partial charge in [0.05, 0.1) is 13.0 Å². The lowest BCUT2D eigenvalue weighted by Crippen LogP contribution is -2.49. The molecule has 0 spiro atoms. The Hall–Kier alpha value is -1.87. The lowest BCUT2D eigenvalue weighted by Gasteiger charge is -2.24. The highest BCUT2D eigenvalue weighted by atomic mass is 16.5. The molecule has 0 rings (SSSR count).